The number of alkyl halides is 1. The molecule has 13 heavy (non-hydrogen) atoms. The number of nitrogens with zero attached hydrogens (tertiary/aromatic N) is 1. The van der Waals surface area contributed by atoms with E-state index in [9.17, 15) is 0 Å². The maximum atomic E-state index is 4.48. The van der Waals surface area contributed by atoms with Crippen LogP contribution in [-0.2, 0) is 4.43 Å². The lowest BCUT2D eigenvalue weighted by molar-refractivity contribution is 1.23. The maximum absolute atomic E-state index is 4.48. The molecule has 1 aromatic carbocycles. The average molecular weight is 283 g/mol. The Morgan fingerprint density at radius 3 is 2.85 bits per heavy atom. The number of halogens is 1. The number of rotatable bonds is 1. The predicted molar refractivity (Wildman–Crippen MR) is 64.2 cm³/mol. The number of hydrogen-bond donors (Lipinski definition) is 0. The average Bonchev–Trinajstić information content (AvgIpc) is 2.16. The standard InChI is InChI=1S/C11H10IN/c1-8-6-9(7-12)10-4-2-3-5-11(10)13-8/h2-6H,7H2,1H3. The molecule has 0 unspecified atom stereocenters. The van der Waals surface area contributed by atoms with Gasteiger partial charge in [-0.2, -0.15) is 0 Å². The Balaban J connectivity index is 2.81. The van der Waals surface area contributed by atoms with Crippen molar-refractivity contribution in [2.75, 3.05) is 0 Å². The number of pyridine rings is 1. The summed E-state index contributed by atoms with van der Waals surface area (Å²) in [6.45, 7) is 2.04. The van der Waals surface area contributed by atoms with E-state index < -0.39 is 0 Å². The first-order chi connectivity index (χ1) is 6.31. The van der Waals surface area contributed by atoms with Crippen molar-refractivity contribution in [1.29, 1.82) is 0 Å². The second-order valence-corrected chi connectivity index (χ2v) is 3.84. The second kappa shape index (κ2) is 3.62. The van der Waals surface area contributed by atoms with E-state index >= 15 is 0 Å². The van der Waals surface area contributed by atoms with Crippen molar-refractivity contribution in [2.24, 2.45) is 0 Å². The smallest absolute Gasteiger partial charge is 0.0708 e. The highest BCUT2D eigenvalue weighted by Gasteiger charge is 2.00. The second-order valence-electron chi connectivity index (χ2n) is 3.07. The molecule has 1 heterocycles. The van der Waals surface area contributed by atoms with Crippen LogP contribution in [0.25, 0.3) is 10.9 Å². The Morgan fingerprint density at radius 2 is 2.08 bits per heavy atom. The SMILES string of the molecule is Cc1cc(CI)c2ccccc2n1. The van der Waals surface area contributed by atoms with Gasteiger partial charge in [-0.05, 0) is 24.6 Å². The molecule has 0 bridgehead atoms. The van der Waals surface area contributed by atoms with Crippen LogP contribution < -0.4 is 0 Å². The molecule has 0 radical (unpaired) electrons. The van der Waals surface area contributed by atoms with Gasteiger partial charge in [0.15, 0.2) is 0 Å². The molecular formula is C11H10IN. The minimum atomic E-state index is 1.04. The number of fused-ring (bicyclic) bond motifs is 1. The molecule has 2 heteroatoms. The van der Waals surface area contributed by atoms with E-state index in [0.717, 1.165) is 15.6 Å². The quantitative estimate of drug-likeness (QED) is 0.577. The minimum Gasteiger partial charge on any atom is -0.253 e. The van der Waals surface area contributed by atoms with Gasteiger partial charge in [0, 0.05) is 15.5 Å². The first kappa shape index (κ1) is 8.94. The lowest BCUT2D eigenvalue weighted by atomic mass is 10.1. The molecule has 0 saturated carbocycles. The number of benzene rings is 1. The summed E-state index contributed by atoms with van der Waals surface area (Å²) in [5.74, 6) is 0. The molecule has 0 fully saturated rings. The van der Waals surface area contributed by atoms with Crippen LogP contribution in [0.2, 0.25) is 0 Å². The molecule has 66 valence electrons. The number of para-hydroxylation sites is 1. The summed E-state index contributed by atoms with van der Waals surface area (Å²) in [7, 11) is 0. The monoisotopic (exact) mass is 283 g/mol. The predicted octanol–water partition coefficient (Wildman–Crippen LogP) is 3.48. The van der Waals surface area contributed by atoms with Crippen LogP contribution >= 0.6 is 22.6 Å². The zero-order valence-corrected chi connectivity index (χ0v) is 9.58. The van der Waals surface area contributed by atoms with Gasteiger partial charge < -0.3 is 0 Å². The van der Waals surface area contributed by atoms with Crippen molar-refractivity contribution in [1.82, 2.24) is 4.98 Å². The van der Waals surface area contributed by atoms with Crippen molar-refractivity contribution in [3.8, 4) is 0 Å². The zero-order valence-electron chi connectivity index (χ0n) is 7.42. The van der Waals surface area contributed by atoms with Crippen LogP contribution in [0.4, 0.5) is 0 Å². The first-order valence-corrected chi connectivity index (χ1v) is 5.75. The highest BCUT2D eigenvalue weighted by atomic mass is 127. The van der Waals surface area contributed by atoms with E-state index in [1.807, 2.05) is 13.0 Å². The third-order valence-electron chi connectivity index (χ3n) is 2.07. The summed E-state index contributed by atoms with van der Waals surface area (Å²) in [5, 5.41) is 1.28. The van der Waals surface area contributed by atoms with E-state index in [1.165, 1.54) is 10.9 Å². The molecule has 2 rings (SSSR count). The van der Waals surface area contributed by atoms with Crippen molar-refractivity contribution in [2.45, 2.75) is 11.4 Å². The van der Waals surface area contributed by atoms with Crippen LogP contribution in [0.15, 0.2) is 30.3 Å². The van der Waals surface area contributed by atoms with Gasteiger partial charge in [0.25, 0.3) is 0 Å². The molecule has 0 amide bonds. The molecule has 0 aliphatic rings. The van der Waals surface area contributed by atoms with Gasteiger partial charge in [0.1, 0.15) is 0 Å². The summed E-state index contributed by atoms with van der Waals surface area (Å²) in [4.78, 5) is 4.48. The topological polar surface area (TPSA) is 12.9 Å². The van der Waals surface area contributed by atoms with Crippen molar-refractivity contribution >= 4 is 33.5 Å². The fraction of sp³-hybridized carbons (Fsp3) is 0.182. The third kappa shape index (κ3) is 1.68. The van der Waals surface area contributed by atoms with Crippen LogP contribution in [-0.4, -0.2) is 4.98 Å². The van der Waals surface area contributed by atoms with E-state index in [4.69, 9.17) is 0 Å². The van der Waals surface area contributed by atoms with E-state index in [1.54, 1.807) is 0 Å². The third-order valence-corrected chi connectivity index (χ3v) is 2.90. The highest BCUT2D eigenvalue weighted by Crippen LogP contribution is 2.20. The number of aryl methyl sites for hydroxylation is 1. The van der Waals surface area contributed by atoms with E-state index in [2.05, 4.69) is 51.8 Å². The molecule has 0 aliphatic heterocycles. The van der Waals surface area contributed by atoms with Crippen LogP contribution in [0.5, 0.6) is 0 Å². The Morgan fingerprint density at radius 1 is 1.31 bits per heavy atom. The van der Waals surface area contributed by atoms with E-state index in [-0.39, 0.29) is 0 Å². The Kier molecular flexibility index (Phi) is 2.49. The fourth-order valence-corrected chi connectivity index (χ4v) is 2.14. The van der Waals surface area contributed by atoms with Crippen LogP contribution in [0, 0.1) is 6.92 Å². The van der Waals surface area contributed by atoms with Crippen LogP contribution in [0.1, 0.15) is 11.3 Å². The molecule has 0 N–H and O–H groups in total. The first-order valence-electron chi connectivity index (χ1n) is 4.22. The molecular weight excluding hydrogens is 273 g/mol. The zero-order chi connectivity index (χ0) is 9.26. The largest absolute Gasteiger partial charge is 0.253 e. The summed E-state index contributed by atoms with van der Waals surface area (Å²) < 4.78 is 1.04. The Bertz CT molecular complexity index is 437. The van der Waals surface area contributed by atoms with Crippen molar-refractivity contribution in [3.63, 3.8) is 0 Å². The molecule has 0 atom stereocenters. The van der Waals surface area contributed by atoms with Crippen LogP contribution in [0.3, 0.4) is 0 Å². The Hall–Kier alpha value is -0.640. The molecule has 1 nitrogen and oxygen atoms in total. The fourth-order valence-electron chi connectivity index (χ4n) is 1.51. The lowest BCUT2D eigenvalue weighted by Gasteiger charge is -2.03. The van der Waals surface area contributed by atoms with Crippen molar-refractivity contribution < 1.29 is 0 Å². The minimum absolute atomic E-state index is 1.04. The van der Waals surface area contributed by atoms with Gasteiger partial charge in [-0.3, -0.25) is 4.98 Å². The lowest BCUT2D eigenvalue weighted by Crippen LogP contribution is -1.88. The summed E-state index contributed by atoms with van der Waals surface area (Å²) in [6, 6.07) is 10.5. The summed E-state index contributed by atoms with van der Waals surface area (Å²) >= 11 is 2.39. The molecule has 2 aromatic rings. The summed E-state index contributed by atoms with van der Waals surface area (Å²) in [5.41, 5.74) is 3.59. The molecule has 0 aliphatic carbocycles. The molecule has 1 aromatic heterocycles. The van der Waals surface area contributed by atoms with Gasteiger partial charge in [-0.1, -0.05) is 40.8 Å². The van der Waals surface area contributed by atoms with Gasteiger partial charge in [0.05, 0.1) is 5.52 Å². The Labute approximate surface area is 91.3 Å². The van der Waals surface area contributed by atoms with Gasteiger partial charge in [-0.25, -0.2) is 0 Å². The maximum Gasteiger partial charge on any atom is 0.0708 e. The van der Waals surface area contributed by atoms with Crippen molar-refractivity contribution in [3.05, 3.63) is 41.6 Å². The highest BCUT2D eigenvalue weighted by molar-refractivity contribution is 14.1. The number of aromatic nitrogens is 1. The summed E-state index contributed by atoms with van der Waals surface area (Å²) in [6.07, 6.45) is 0. The van der Waals surface area contributed by atoms with Gasteiger partial charge in [-0.15, -0.1) is 0 Å². The van der Waals surface area contributed by atoms with E-state index in [0.29, 0.717) is 0 Å². The molecule has 0 spiro atoms. The normalized spacial score (nSPS) is 10.6. The van der Waals surface area contributed by atoms with Gasteiger partial charge >= 0.3 is 0 Å². The number of hydrogen-bond acceptors (Lipinski definition) is 1. The van der Waals surface area contributed by atoms with Gasteiger partial charge in [0.2, 0.25) is 0 Å². The molecule has 0 saturated heterocycles.